The van der Waals surface area contributed by atoms with Gasteiger partial charge >= 0.3 is 0 Å². The summed E-state index contributed by atoms with van der Waals surface area (Å²) in [6.45, 7) is 3.28. The fourth-order valence-corrected chi connectivity index (χ4v) is 4.46. The molecule has 8 heteroatoms. The van der Waals surface area contributed by atoms with Crippen LogP contribution in [0.1, 0.15) is 22.1 Å². The molecule has 2 rings (SSSR count). The van der Waals surface area contributed by atoms with Gasteiger partial charge in [-0.2, -0.15) is 0 Å². The maximum atomic E-state index is 11.9. The summed E-state index contributed by atoms with van der Waals surface area (Å²) >= 11 is 5.90. The highest BCUT2D eigenvalue weighted by Gasteiger charge is 2.38. The summed E-state index contributed by atoms with van der Waals surface area (Å²) < 4.78 is 27.9. The first-order chi connectivity index (χ1) is 8.28. The lowest BCUT2D eigenvalue weighted by Crippen LogP contribution is -2.40. The number of hydrogen-bond donors (Lipinski definition) is 1. The molecule has 0 spiro atoms. The van der Waals surface area contributed by atoms with Crippen LogP contribution in [0.4, 0.5) is 0 Å². The molecule has 0 bridgehead atoms. The lowest BCUT2D eigenvalue weighted by Gasteiger charge is -2.13. The molecule has 18 heavy (non-hydrogen) atoms. The van der Waals surface area contributed by atoms with Gasteiger partial charge in [0.05, 0.1) is 28.6 Å². The third-order valence-electron chi connectivity index (χ3n) is 2.71. The Balaban J connectivity index is 2.11. The van der Waals surface area contributed by atoms with E-state index in [-0.39, 0.29) is 17.3 Å². The summed E-state index contributed by atoms with van der Waals surface area (Å²) in [5.41, 5.74) is 0.469. The number of nitrogens with one attached hydrogen (secondary N) is 1. The van der Waals surface area contributed by atoms with Crippen LogP contribution in [0.25, 0.3) is 0 Å². The Morgan fingerprint density at radius 2 is 2.11 bits per heavy atom. The van der Waals surface area contributed by atoms with Gasteiger partial charge in [0.15, 0.2) is 15.7 Å². The Morgan fingerprint density at radius 3 is 2.56 bits per heavy atom. The van der Waals surface area contributed by atoms with Gasteiger partial charge in [-0.05, 0) is 6.92 Å². The van der Waals surface area contributed by atoms with Gasteiger partial charge in [0.1, 0.15) is 0 Å². The molecule has 0 aromatic carbocycles. The summed E-state index contributed by atoms with van der Waals surface area (Å²) in [7, 11) is -3.17. The Kier molecular flexibility index (Phi) is 3.37. The van der Waals surface area contributed by atoms with Crippen molar-refractivity contribution in [3.8, 4) is 0 Å². The molecule has 2 heterocycles. The quantitative estimate of drug-likeness (QED) is 0.798. The highest BCUT2D eigenvalue weighted by Crippen LogP contribution is 2.19. The van der Waals surface area contributed by atoms with Crippen molar-refractivity contribution in [1.29, 1.82) is 0 Å². The van der Waals surface area contributed by atoms with E-state index in [9.17, 15) is 13.2 Å². The first-order valence-electron chi connectivity index (χ1n) is 5.38. The van der Waals surface area contributed by atoms with E-state index in [1.807, 2.05) is 0 Å². The number of nitrogens with zero attached hydrogens (tertiary/aromatic N) is 1. The van der Waals surface area contributed by atoms with E-state index < -0.39 is 27.2 Å². The van der Waals surface area contributed by atoms with Gasteiger partial charge in [-0.25, -0.2) is 13.4 Å². The van der Waals surface area contributed by atoms with E-state index in [0.717, 1.165) is 0 Å². The monoisotopic (exact) mass is 292 g/mol. The molecule has 100 valence electrons. The van der Waals surface area contributed by atoms with E-state index in [1.165, 1.54) is 0 Å². The van der Waals surface area contributed by atoms with Crippen molar-refractivity contribution < 1.29 is 17.6 Å². The second-order valence-corrected chi connectivity index (χ2v) is 7.03. The maximum Gasteiger partial charge on any atom is 0.289 e. The molecule has 1 aromatic heterocycles. The minimum Gasteiger partial charge on any atom is -0.436 e. The van der Waals surface area contributed by atoms with E-state index in [4.69, 9.17) is 16.0 Å². The Morgan fingerprint density at radius 1 is 1.44 bits per heavy atom. The number of halogens is 1. The van der Waals surface area contributed by atoms with E-state index in [1.54, 1.807) is 13.8 Å². The first-order valence-corrected chi connectivity index (χ1v) is 7.63. The van der Waals surface area contributed by atoms with Crippen molar-refractivity contribution in [2.45, 2.75) is 25.3 Å². The molecular formula is C10H13ClN2O4S. The van der Waals surface area contributed by atoms with Crippen LogP contribution in [0.15, 0.2) is 4.42 Å². The fourth-order valence-electron chi connectivity index (χ4n) is 1.91. The van der Waals surface area contributed by atoms with Crippen LogP contribution < -0.4 is 5.32 Å². The number of sulfone groups is 1. The zero-order chi connectivity index (χ0) is 13.5. The van der Waals surface area contributed by atoms with Crippen molar-refractivity contribution in [3.05, 3.63) is 17.3 Å². The number of oxazole rings is 1. The number of carbonyl (C=O) groups excluding carboxylic acids is 1. The van der Waals surface area contributed by atoms with Gasteiger partial charge in [-0.15, -0.1) is 11.6 Å². The van der Waals surface area contributed by atoms with Gasteiger partial charge in [0.25, 0.3) is 5.91 Å². The summed E-state index contributed by atoms with van der Waals surface area (Å²) in [4.78, 5) is 15.9. The van der Waals surface area contributed by atoms with Crippen molar-refractivity contribution in [1.82, 2.24) is 10.3 Å². The molecule has 1 aromatic rings. The van der Waals surface area contributed by atoms with E-state index >= 15 is 0 Å². The number of aromatic nitrogens is 1. The van der Waals surface area contributed by atoms with Crippen LogP contribution in [0.3, 0.4) is 0 Å². The van der Waals surface area contributed by atoms with Crippen molar-refractivity contribution in [3.63, 3.8) is 0 Å². The Labute approximate surface area is 110 Å². The second-order valence-electron chi connectivity index (χ2n) is 4.32. The van der Waals surface area contributed by atoms with Crippen molar-refractivity contribution in [2.75, 3.05) is 11.5 Å². The van der Waals surface area contributed by atoms with E-state index in [0.29, 0.717) is 11.6 Å². The molecule has 1 amide bonds. The zero-order valence-electron chi connectivity index (χ0n) is 9.94. The molecule has 0 aliphatic carbocycles. The average Bonchev–Trinajstić information content (AvgIpc) is 2.66. The largest absolute Gasteiger partial charge is 0.436 e. The number of alkyl halides is 1. The van der Waals surface area contributed by atoms with Crippen LogP contribution >= 0.6 is 11.6 Å². The van der Waals surface area contributed by atoms with Gasteiger partial charge in [0, 0.05) is 6.92 Å². The zero-order valence-corrected chi connectivity index (χ0v) is 11.5. The van der Waals surface area contributed by atoms with Crippen LogP contribution in [0.2, 0.25) is 0 Å². The van der Waals surface area contributed by atoms with Crippen LogP contribution in [0, 0.1) is 13.8 Å². The van der Waals surface area contributed by atoms with Crippen molar-refractivity contribution in [2.24, 2.45) is 0 Å². The van der Waals surface area contributed by atoms with Crippen LogP contribution in [-0.4, -0.2) is 42.2 Å². The molecule has 0 radical (unpaired) electrons. The Bertz CT molecular complexity index is 581. The lowest BCUT2D eigenvalue weighted by molar-refractivity contribution is 0.0911. The number of carbonyl (C=O) groups is 1. The number of hydrogen-bond acceptors (Lipinski definition) is 5. The minimum absolute atomic E-state index is 0.0978. The van der Waals surface area contributed by atoms with Gasteiger partial charge in [-0.3, -0.25) is 4.79 Å². The maximum absolute atomic E-state index is 11.9. The molecule has 1 aliphatic heterocycles. The number of amides is 1. The highest BCUT2D eigenvalue weighted by atomic mass is 35.5. The molecule has 1 fully saturated rings. The molecular weight excluding hydrogens is 280 g/mol. The minimum atomic E-state index is -3.17. The summed E-state index contributed by atoms with van der Waals surface area (Å²) in [5, 5.41) is 1.96. The van der Waals surface area contributed by atoms with Crippen LogP contribution in [-0.2, 0) is 9.84 Å². The molecule has 2 atom stereocenters. The third kappa shape index (κ3) is 2.67. The predicted octanol–water partition coefficient (Wildman–Crippen LogP) is 0.426. The molecule has 1 saturated heterocycles. The van der Waals surface area contributed by atoms with Gasteiger partial charge in [-0.1, -0.05) is 0 Å². The third-order valence-corrected chi connectivity index (χ3v) is 5.08. The average molecular weight is 293 g/mol. The van der Waals surface area contributed by atoms with Gasteiger partial charge in [0.2, 0.25) is 5.76 Å². The second kappa shape index (κ2) is 4.55. The molecule has 2 unspecified atom stereocenters. The SMILES string of the molecule is Cc1nc(C)c(C(=O)NC2CS(=O)(=O)CC2Cl)o1. The van der Waals surface area contributed by atoms with Gasteiger partial charge < -0.3 is 9.73 Å². The summed E-state index contributed by atoms with van der Waals surface area (Å²) in [5.74, 6) is -0.256. The number of aryl methyl sites for hydroxylation is 2. The predicted molar refractivity (Wildman–Crippen MR) is 65.5 cm³/mol. The fraction of sp³-hybridized carbons (Fsp3) is 0.600. The summed E-state index contributed by atoms with van der Waals surface area (Å²) in [6, 6.07) is -0.589. The number of rotatable bonds is 2. The molecule has 0 saturated carbocycles. The first kappa shape index (κ1) is 13.4. The molecule has 1 aliphatic rings. The highest BCUT2D eigenvalue weighted by molar-refractivity contribution is 7.91. The lowest BCUT2D eigenvalue weighted by atomic mass is 10.2. The summed E-state index contributed by atoms with van der Waals surface area (Å²) in [6.07, 6.45) is 0. The topological polar surface area (TPSA) is 89.3 Å². The normalized spacial score (nSPS) is 26.2. The van der Waals surface area contributed by atoms with Crippen molar-refractivity contribution >= 4 is 27.3 Å². The van der Waals surface area contributed by atoms with Crippen LogP contribution in [0.5, 0.6) is 0 Å². The van der Waals surface area contributed by atoms with E-state index in [2.05, 4.69) is 10.3 Å². The Hall–Kier alpha value is -1.08. The standard InChI is InChI=1S/C10H13ClN2O4S/c1-5-9(17-6(2)12-5)10(14)13-8-4-18(15,16)3-7(8)11/h7-8H,3-4H2,1-2H3,(H,13,14). The molecule has 1 N–H and O–H groups in total. The molecule has 6 nitrogen and oxygen atoms in total. The smallest absolute Gasteiger partial charge is 0.289 e.